The second-order valence-electron chi connectivity index (χ2n) is 3.41. The molecule has 0 aliphatic rings. The van der Waals surface area contributed by atoms with Crippen LogP contribution in [-0.4, -0.2) is 21.0 Å². The molecule has 0 aliphatic heterocycles. The summed E-state index contributed by atoms with van der Waals surface area (Å²) in [6.45, 7) is 1.94. The molecular formula is C12H10N2O2. The Balaban J connectivity index is 2.43. The molecule has 0 saturated carbocycles. The molecule has 0 spiro atoms. The Morgan fingerprint density at radius 1 is 1.25 bits per heavy atom. The van der Waals surface area contributed by atoms with Gasteiger partial charge in [-0.05, 0) is 30.7 Å². The van der Waals surface area contributed by atoms with Crippen molar-refractivity contribution >= 4 is 5.97 Å². The maximum absolute atomic E-state index is 10.7. The van der Waals surface area contributed by atoms with Crippen LogP contribution in [0.5, 0.6) is 0 Å². The summed E-state index contributed by atoms with van der Waals surface area (Å²) in [5.74, 6) is -0.975. The van der Waals surface area contributed by atoms with Crippen molar-refractivity contribution in [2.45, 2.75) is 6.92 Å². The number of carbonyl (C=O) groups is 1. The Kier molecular flexibility index (Phi) is 2.64. The summed E-state index contributed by atoms with van der Waals surface area (Å²) in [5.41, 5.74) is 2.65. The molecule has 0 saturated heterocycles. The number of rotatable bonds is 2. The van der Waals surface area contributed by atoms with Gasteiger partial charge in [-0.2, -0.15) is 0 Å². The zero-order valence-corrected chi connectivity index (χ0v) is 8.71. The van der Waals surface area contributed by atoms with E-state index in [1.54, 1.807) is 12.3 Å². The lowest BCUT2D eigenvalue weighted by molar-refractivity contribution is 0.0696. The van der Waals surface area contributed by atoms with Crippen LogP contribution >= 0.6 is 0 Å². The molecule has 2 aromatic heterocycles. The van der Waals surface area contributed by atoms with Gasteiger partial charge in [-0.25, -0.2) is 4.79 Å². The SMILES string of the molecule is Cc1cccnc1-c1ccc(C(=O)O)cn1. The Morgan fingerprint density at radius 3 is 2.62 bits per heavy atom. The van der Waals surface area contributed by atoms with E-state index in [1.807, 2.05) is 19.1 Å². The lowest BCUT2D eigenvalue weighted by atomic mass is 10.1. The first-order valence-corrected chi connectivity index (χ1v) is 4.80. The summed E-state index contributed by atoms with van der Waals surface area (Å²) < 4.78 is 0. The van der Waals surface area contributed by atoms with Crippen LogP contribution in [0.4, 0.5) is 0 Å². The summed E-state index contributed by atoms with van der Waals surface area (Å²) in [7, 11) is 0. The van der Waals surface area contributed by atoms with Gasteiger partial charge in [0, 0.05) is 12.4 Å². The molecule has 80 valence electrons. The molecule has 0 atom stereocenters. The minimum Gasteiger partial charge on any atom is -0.478 e. The summed E-state index contributed by atoms with van der Waals surface area (Å²) in [6.07, 6.45) is 3.03. The highest BCUT2D eigenvalue weighted by molar-refractivity contribution is 5.87. The number of nitrogens with zero attached hydrogens (tertiary/aromatic N) is 2. The third kappa shape index (κ3) is 1.91. The molecule has 0 fully saturated rings. The molecule has 2 rings (SSSR count). The molecule has 0 amide bonds. The summed E-state index contributed by atoms with van der Waals surface area (Å²) >= 11 is 0. The predicted molar refractivity (Wildman–Crippen MR) is 59.2 cm³/mol. The lowest BCUT2D eigenvalue weighted by Crippen LogP contribution is -1.98. The first-order valence-electron chi connectivity index (χ1n) is 4.80. The highest BCUT2D eigenvalue weighted by Crippen LogP contribution is 2.17. The first kappa shape index (κ1) is 10.3. The van der Waals surface area contributed by atoms with Crippen LogP contribution in [0.1, 0.15) is 15.9 Å². The van der Waals surface area contributed by atoms with Crippen molar-refractivity contribution in [3.8, 4) is 11.4 Å². The molecule has 16 heavy (non-hydrogen) atoms. The van der Waals surface area contributed by atoms with Crippen LogP contribution in [0.3, 0.4) is 0 Å². The van der Waals surface area contributed by atoms with Gasteiger partial charge in [-0.1, -0.05) is 6.07 Å². The average Bonchev–Trinajstić information content (AvgIpc) is 2.30. The van der Waals surface area contributed by atoms with Gasteiger partial charge in [0.2, 0.25) is 0 Å². The van der Waals surface area contributed by atoms with E-state index < -0.39 is 5.97 Å². The number of carboxylic acid groups (broad SMARTS) is 1. The van der Waals surface area contributed by atoms with Gasteiger partial charge < -0.3 is 5.11 Å². The quantitative estimate of drug-likeness (QED) is 0.831. The zero-order chi connectivity index (χ0) is 11.5. The number of aryl methyl sites for hydroxylation is 1. The van der Waals surface area contributed by atoms with E-state index in [0.717, 1.165) is 11.3 Å². The maximum atomic E-state index is 10.7. The maximum Gasteiger partial charge on any atom is 0.337 e. The molecule has 2 heterocycles. The van der Waals surface area contributed by atoms with Gasteiger partial charge in [0.05, 0.1) is 17.0 Å². The van der Waals surface area contributed by atoms with Crippen molar-refractivity contribution < 1.29 is 9.90 Å². The normalized spacial score (nSPS) is 10.1. The Morgan fingerprint density at radius 2 is 2.06 bits per heavy atom. The number of hydrogen-bond donors (Lipinski definition) is 1. The second-order valence-corrected chi connectivity index (χ2v) is 3.41. The third-order valence-corrected chi connectivity index (χ3v) is 2.26. The van der Waals surface area contributed by atoms with Crippen molar-refractivity contribution in [1.29, 1.82) is 0 Å². The largest absolute Gasteiger partial charge is 0.478 e. The summed E-state index contributed by atoms with van der Waals surface area (Å²) in [6, 6.07) is 6.98. The molecule has 1 N–H and O–H groups in total. The number of pyridine rings is 2. The van der Waals surface area contributed by atoms with Gasteiger partial charge in [-0.15, -0.1) is 0 Å². The highest BCUT2D eigenvalue weighted by atomic mass is 16.4. The van der Waals surface area contributed by atoms with E-state index >= 15 is 0 Å². The number of hydrogen-bond acceptors (Lipinski definition) is 3. The summed E-state index contributed by atoms with van der Waals surface area (Å²) in [5, 5.41) is 8.75. The predicted octanol–water partition coefficient (Wildman–Crippen LogP) is 2.15. The molecule has 0 unspecified atom stereocenters. The molecule has 4 heteroatoms. The van der Waals surface area contributed by atoms with E-state index in [0.29, 0.717) is 5.69 Å². The molecule has 4 nitrogen and oxygen atoms in total. The Hall–Kier alpha value is -2.23. The van der Waals surface area contributed by atoms with E-state index in [1.165, 1.54) is 12.3 Å². The number of aromatic nitrogens is 2. The molecular weight excluding hydrogens is 204 g/mol. The topological polar surface area (TPSA) is 63.1 Å². The van der Waals surface area contributed by atoms with E-state index in [4.69, 9.17) is 5.11 Å². The monoisotopic (exact) mass is 214 g/mol. The highest BCUT2D eigenvalue weighted by Gasteiger charge is 2.06. The van der Waals surface area contributed by atoms with E-state index in [-0.39, 0.29) is 5.56 Å². The van der Waals surface area contributed by atoms with Crippen LogP contribution < -0.4 is 0 Å². The fraction of sp³-hybridized carbons (Fsp3) is 0.0833. The second kappa shape index (κ2) is 4.10. The smallest absolute Gasteiger partial charge is 0.337 e. The molecule has 0 radical (unpaired) electrons. The van der Waals surface area contributed by atoms with Gasteiger partial charge in [-0.3, -0.25) is 9.97 Å². The molecule has 0 aromatic carbocycles. The van der Waals surface area contributed by atoms with Crippen LogP contribution in [0.25, 0.3) is 11.4 Å². The fourth-order valence-corrected chi connectivity index (χ4v) is 1.41. The average molecular weight is 214 g/mol. The number of carboxylic acids is 1. The zero-order valence-electron chi connectivity index (χ0n) is 8.71. The van der Waals surface area contributed by atoms with Crippen molar-refractivity contribution in [3.63, 3.8) is 0 Å². The van der Waals surface area contributed by atoms with Crippen LogP contribution in [-0.2, 0) is 0 Å². The van der Waals surface area contributed by atoms with Gasteiger partial charge >= 0.3 is 5.97 Å². The summed E-state index contributed by atoms with van der Waals surface area (Å²) in [4.78, 5) is 19.0. The molecule has 0 bridgehead atoms. The van der Waals surface area contributed by atoms with Gasteiger partial charge in [0.15, 0.2) is 0 Å². The van der Waals surface area contributed by atoms with Gasteiger partial charge in [0.25, 0.3) is 0 Å². The van der Waals surface area contributed by atoms with Crippen LogP contribution in [0, 0.1) is 6.92 Å². The van der Waals surface area contributed by atoms with Gasteiger partial charge in [0.1, 0.15) is 0 Å². The molecule has 0 aliphatic carbocycles. The number of aromatic carboxylic acids is 1. The first-order chi connectivity index (χ1) is 7.68. The van der Waals surface area contributed by atoms with Crippen molar-refractivity contribution in [3.05, 3.63) is 47.8 Å². The van der Waals surface area contributed by atoms with Crippen LogP contribution in [0.15, 0.2) is 36.7 Å². The van der Waals surface area contributed by atoms with E-state index in [9.17, 15) is 4.79 Å². The minimum atomic E-state index is -0.975. The standard InChI is InChI=1S/C12H10N2O2/c1-8-3-2-6-13-11(8)10-5-4-9(7-14-10)12(15)16/h2-7H,1H3,(H,15,16). The Labute approximate surface area is 92.6 Å². The Bertz CT molecular complexity index is 521. The van der Waals surface area contributed by atoms with Crippen LogP contribution in [0.2, 0.25) is 0 Å². The molecule has 2 aromatic rings. The minimum absolute atomic E-state index is 0.178. The van der Waals surface area contributed by atoms with Crippen molar-refractivity contribution in [2.75, 3.05) is 0 Å². The fourth-order valence-electron chi connectivity index (χ4n) is 1.41. The lowest BCUT2D eigenvalue weighted by Gasteiger charge is -2.03. The van der Waals surface area contributed by atoms with E-state index in [2.05, 4.69) is 9.97 Å². The third-order valence-electron chi connectivity index (χ3n) is 2.26. The van der Waals surface area contributed by atoms with Crippen molar-refractivity contribution in [2.24, 2.45) is 0 Å². The van der Waals surface area contributed by atoms with Crippen molar-refractivity contribution in [1.82, 2.24) is 9.97 Å².